The van der Waals surface area contributed by atoms with Crippen LogP contribution in [0, 0.1) is 0 Å². The molecule has 2 aromatic rings. The van der Waals surface area contributed by atoms with E-state index in [1.807, 2.05) is 12.1 Å². The van der Waals surface area contributed by atoms with Gasteiger partial charge in [0.2, 0.25) is 11.9 Å². The van der Waals surface area contributed by atoms with E-state index >= 15 is 0 Å². The van der Waals surface area contributed by atoms with Crippen molar-refractivity contribution in [1.29, 1.82) is 0 Å². The van der Waals surface area contributed by atoms with Gasteiger partial charge in [-0.25, -0.2) is 0 Å². The summed E-state index contributed by atoms with van der Waals surface area (Å²) in [5, 5.41) is 2.90. The van der Waals surface area contributed by atoms with Crippen molar-refractivity contribution in [3.63, 3.8) is 0 Å². The highest BCUT2D eigenvalue weighted by molar-refractivity contribution is 5.96. The summed E-state index contributed by atoms with van der Waals surface area (Å²) in [6.07, 6.45) is 2.27. The van der Waals surface area contributed by atoms with Gasteiger partial charge in [0.1, 0.15) is 5.75 Å². The molecule has 0 spiro atoms. The third-order valence-electron chi connectivity index (χ3n) is 5.10. The van der Waals surface area contributed by atoms with E-state index in [9.17, 15) is 4.79 Å². The van der Waals surface area contributed by atoms with Gasteiger partial charge >= 0.3 is 0 Å². The lowest BCUT2D eigenvalue weighted by atomic mass is 10.2. The number of carbonyl (C=O) groups is 1. The van der Waals surface area contributed by atoms with Crippen molar-refractivity contribution >= 4 is 17.8 Å². The first-order valence-electron chi connectivity index (χ1n) is 9.98. The average molecular weight is 398 g/mol. The summed E-state index contributed by atoms with van der Waals surface area (Å²) in [6, 6.07) is 7.14. The van der Waals surface area contributed by atoms with Gasteiger partial charge in [-0.1, -0.05) is 12.1 Å². The summed E-state index contributed by atoms with van der Waals surface area (Å²) in [7, 11) is 1.55. The molecule has 2 fully saturated rings. The van der Waals surface area contributed by atoms with Gasteiger partial charge in [-0.15, -0.1) is 0 Å². The van der Waals surface area contributed by atoms with Crippen LogP contribution in [0.1, 0.15) is 29.0 Å². The fourth-order valence-corrected chi connectivity index (χ4v) is 3.52. The number of methoxy groups -OCH3 is 1. The number of nitrogens with zero attached hydrogens (tertiary/aromatic N) is 5. The third-order valence-corrected chi connectivity index (χ3v) is 5.10. The van der Waals surface area contributed by atoms with Crippen molar-refractivity contribution in [2.45, 2.75) is 19.4 Å². The first-order valence-corrected chi connectivity index (χ1v) is 9.98. The van der Waals surface area contributed by atoms with Crippen molar-refractivity contribution in [2.75, 3.05) is 56.3 Å². The number of hydrogen-bond donors (Lipinski definition) is 1. The van der Waals surface area contributed by atoms with Crippen LogP contribution in [0.5, 0.6) is 5.75 Å². The number of rotatable bonds is 6. The van der Waals surface area contributed by atoms with E-state index in [2.05, 4.69) is 25.1 Å². The molecule has 1 aromatic carbocycles. The number of carbonyl (C=O) groups excluding carboxylic acids is 1. The highest BCUT2D eigenvalue weighted by Crippen LogP contribution is 2.20. The Morgan fingerprint density at radius 3 is 2.38 bits per heavy atom. The number of para-hydroxylation sites is 1. The van der Waals surface area contributed by atoms with Gasteiger partial charge in [0, 0.05) is 26.2 Å². The van der Waals surface area contributed by atoms with E-state index < -0.39 is 0 Å². The summed E-state index contributed by atoms with van der Waals surface area (Å²) >= 11 is 0. The van der Waals surface area contributed by atoms with Crippen LogP contribution in [0.4, 0.5) is 11.9 Å². The topological polar surface area (TPSA) is 92.7 Å². The van der Waals surface area contributed by atoms with Gasteiger partial charge in [0.25, 0.3) is 5.91 Å². The minimum Gasteiger partial charge on any atom is -0.496 e. The molecule has 2 aliphatic rings. The summed E-state index contributed by atoms with van der Waals surface area (Å²) in [5.41, 5.74) is 0.484. The molecule has 1 amide bonds. The molecular formula is C20H26N6O3. The maximum absolute atomic E-state index is 12.6. The first-order chi connectivity index (χ1) is 14.2. The number of benzene rings is 1. The standard InChI is InChI=1S/C20H26N6O3/c1-28-16-7-3-2-6-15(16)18(27)21-14-17-22-19(25-8-4-5-9-25)24-20(23-17)26-10-12-29-13-11-26/h2-3,6-7H,4-5,8-14H2,1H3,(H,21,27). The van der Waals surface area contributed by atoms with Gasteiger partial charge in [-0.05, 0) is 25.0 Å². The molecule has 3 heterocycles. The minimum atomic E-state index is -0.224. The quantitative estimate of drug-likeness (QED) is 0.777. The molecule has 1 aromatic heterocycles. The molecule has 0 atom stereocenters. The zero-order chi connectivity index (χ0) is 20.1. The summed E-state index contributed by atoms with van der Waals surface area (Å²) < 4.78 is 10.7. The lowest BCUT2D eigenvalue weighted by Gasteiger charge is -2.28. The van der Waals surface area contributed by atoms with Crippen LogP contribution in [-0.2, 0) is 11.3 Å². The van der Waals surface area contributed by atoms with E-state index in [4.69, 9.17) is 14.5 Å². The van der Waals surface area contributed by atoms with Gasteiger partial charge in [-0.3, -0.25) is 4.79 Å². The molecule has 0 unspecified atom stereocenters. The lowest BCUT2D eigenvalue weighted by Crippen LogP contribution is -2.38. The second kappa shape index (κ2) is 9.04. The fraction of sp³-hybridized carbons (Fsp3) is 0.500. The highest BCUT2D eigenvalue weighted by atomic mass is 16.5. The molecule has 29 heavy (non-hydrogen) atoms. The molecule has 154 valence electrons. The van der Waals surface area contributed by atoms with Crippen LogP contribution < -0.4 is 19.9 Å². The van der Waals surface area contributed by atoms with Gasteiger partial charge in [-0.2, -0.15) is 15.0 Å². The number of nitrogens with one attached hydrogen (secondary N) is 1. The number of hydrogen-bond acceptors (Lipinski definition) is 8. The van der Waals surface area contributed by atoms with Crippen LogP contribution in [0.25, 0.3) is 0 Å². The molecule has 4 rings (SSSR count). The Morgan fingerprint density at radius 1 is 1.03 bits per heavy atom. The molecule has 0 radical (unpaired) electrons. The highest BCUT2D eigenvalue weighted by Gasteiger charge is 2.21. The van der Waals surface area contributed by atoms with Crippen LogP contribution in [0.2, 0.25) is 0 Å². The third kappa shape index (κ3) is 4.56. The molecule has 0 saturated carbocycles. The van der Waals surface area contributed by atoms with Crippen molar-refractivity contribution < 1.29 is 14.3 Å². The van der Waals surface area contributed by atoms with Crippen LogP contribution in [-0.4, -0.2) is 67.4 Å². The van der Waals surface area contributed by atoms with E-state index in [0.717, 1.165) is 39.0 Å². The SMILES string of the molecule is COc1ccccc1C(=O)NCc1nc(N2CCCC2)nc(N2CCOCC2)n1. The van der Waals surface area contributed by atoms with Crippen molar-refractivity contribution in [3.8, 4) is 5.75 Å². The number of amides is 1. The van der Waals surface area contributed by atoms with Crippen LogP contribution in [0.3, 0.4) is 0 Å². The van der Waals surface area contributed by atoms with Crippen molar-refractivity contribution in [3.05, 3.63) is 35.7 Å². The molecule has 0 aliphatic carbocycles. The number of morpholine rings is 1. The monoisotopic (exact) mass is 398 g/mol. The second-order valence-corrected chi connectivity index (χ2v) is 7.03. The zero-order valence-corrected chi connectivity index (χ0v) is 16.6. The van der Waals surface area contributed by atoms with E-state index in [1.165, 1.54) is 0 Å². The second-order valence-electron chi connectivity index (χ2n) is 7.03. The first kappa shape index (κ1) is 19.4. The molecule has 1 N–H and O–H groups in total. The molecule has 9 heteroatoms. The fourth-order valence-electron chi connectivity index (χ4n) is 3.52. The summed E-state index contributed by atoms with van der Waals surface area (Å²) in [6.45, 7) is 4.92. The Kier molecular flexibility index (Phi) is 6.04. The van der Waals surface area contributed by atoms with Gasteiger partial charge < -0.3 is 24.6 Å². The van der Waals surface area contributed by atoms with Crippen LogP contribution >= 0.6 is 0 Å². The predicted octanol–water partition coefficient (Wildman–Crippen LogP) is 1.25. The van der Waals surface area contributed by atoms with Crippen molar-refractivity contribution in [2.24, 2.45) is 0 Å². The van der Waals surface area contributed by atoms with Gasteiger partial charge in [0.05, 0.1) is 32.4 Å². The molecular weight excluding hydrogens is 372 g/mol. The smallest absolute Gasteiger partial charge is 0.255 e. The van der Waals surface area contributed by atoms with Crippen LogP contribution in [0.15, 0.2) is 24.3 Å². The molecule has 9 nitrogen and oxygen atoms in total. The molecule has 2 saturated heterocycles. The lowest BCUT2D eigenvalue weighted by molar-refractivity contribution is 0.0947. The number of anilines is 2. The Bertz CT molecular complexity index is 850. The maximum atomic E-state index is 12.6. The zero-order valence-electron chi connectivity index (χ0n) is 16.6. The Morgan fingerprint density at radius 2 is 1.69 bits per heavy atom. The molecule has 0 bridgehead atoms. The summed E-state index contributed by atoms with van der Waals surface area (Å²) in [5.74, 6) is 2.19. The minimum absolute atomic E-state index is 0.220. The number of aromatic nitrogens is 3. The largest absolute Gasteiger partial charge is 0.496 e. The normalized spacial score (nSPS) is 16.7. The van der Waals surface area contributed by atoms with E-state index in [-0.39, 0.29) is 12.5 Å². The van der Waals surface area contributed by atoms with Gasteiger partial charge in [0.15, 0.2) is 5.82 Å². The Balaban J connectivity index is 1.53. The van der Waals surface area contributed by atoms with Crippen molar-refractivity contribution in [1.82, 2.24) is 20.3 Å². The average Bonchev–Trinajstić information content (AvgIpc) is 3.33. The maximum Gasteiger partial charge on any atom is 0.255 e. The number of ether oxygens (including phenoxy) is 2. The van der Waals surface area contributed by atoms with E-state index in [1.54, 1.807) is 19.2 Å². The Hall–Kier alpha value is -2.94. The van der Waals surface area contributed by atoms with E-state index in [0.29, 0.717) is 42.2 Å². The Labute approximate surface area is 170 Å². The summed E-state index contributed by atoms with van der Waals surface area (Å²) in [4.78, 5) is 30.8. The predicted molar refractivity (Wildman–Crippen MR) is 108 cm³/mol. The molecule has 2 aliphatic heterocycles.